The molecule has 0 atom stereocenters. The molecule has 0 saturated heterocycles. The maximum atomic E-state index is 12.3. The Morgan fingerprint density at radius 2 is 2.00 bits per heavy atom. The van der Waals surface area contributed by atoms with Gasteiger partial charge in [0.25, 0.3) is 0 Å². The molecule has 3 heterocycles. The molecule has 0 aliphatic rings. The predicted molar refractivity (Wildman–Crippen MR) is 96.3 cm³/mol. The Balaban J connectivity index is 1.64. The van der Waals surface area contributed by atoms with Crippen LogP contribution in [0, 0.1) is 13.8 Å². The average Bonchev–Trinajstić information content (AvgIpc) is 3.05. The number of carbonyl (C=O) groups is 1. The lowest BCUT2D eigenvalue weighted by Gasteiger charge is -2.08. The molecule has 130 valence electrons. The second-order valence-electron chi connectivity index (χ2n) is 6.19. The van der Waals surface area contributed by atoms with Crippen LogP contribution < -0.4 is 5.63 Å². The smallest absolute Gasteiger partial charge is 0.358 e. The second-order valence-corrected chi connectivity index (χ2v) is 6.19. The fourth-order valence-electron chi connectivity index (χ4n) is 2.85. The lowest BCUT2D eigenvalue weighted by atomic mass is 10.0. The summed E-state index contributed by atoms with van der Waals surface area (Å²) in [5.74, 6) is -0.543. The number of imidazole rings is 1. The van der Waals surface area contributed by atoms with Crippen molar-refractivity contribution in [1.82, 2.24) is 9.38 Å². The van der Waals surface area contributed by atoms with Crippen LogP contribution in [0.3, 0.4) is 0 Å². The van der Waals surface area contributed by atoms with E-state index in [-0.39, 0.29) is 12.3 Å². The largest absolute Gasteiger partial charge is 0.456 e. The number of hydrogen-bond donors (Lipinski definition) is 0. The molecule has 0 saturated carbocycles. The summed E-state index contributed by atoms with van der Waals surface area (Å²) in [5, 5.41) is 0.760. The molecule has 4 aromatic rings. The molecule has 0 radical (unpaired) electrons. The zero-order valence-corrected chi connectivity index (χ0v) is 14.4. The van der Waals surface area contributed by atoms with Gasteiger partial charge in [-0.15, -0.1) is 0 Å². The average molecular weight is 348 g/mol. The fraction of sp³-hybridized carbons (Fsp3) is 0.150. The van der Waals surface area contributed by atoms with Gasteiger partial charge in [0.15, 0.2) is 5.69 Å². The molecule has 0 amide bonds. The number of nitrogens with zero attached hydrogens (tertiary/aromatic N) is 2. The van der Waals surface area contributed by atoms with Crippen LogP contribution in [-0.4, -0.2) is 15.4 Å². The summed E-state index contributed by atoms with van der Waals surface area (Å²) in [7, 11) is 0. The number of fused-ring (bicyclic) bond motifs is 2. The Labute approximate surface area is 148 Å². The van der Waals surface area contributed by atoms with Crippen LogP contribution in [0.15, 0.2) is 58.0 Å². The Morgan fingerprint density at radius 1 is 1.19 bits per heavy atom. The number of carbonyl (C=O) groups excluding carboxylic acids is 1. The number of esters is 1. The van der Waals surface area contributed by atoms with Crippen LogP contribution in [0.4, 0.5) is 0 Å². The van der Waals surface area contributed by atoms with Crippen molar-refractivity contribution in [2.75, 3.05) is 0 Å². The van der Waals surface area contributed by atoms with Gasteiger partial charge >= 0.3 is 11.6 Å². The number of rotatable bonds is 3. The highest BCUT2D eigenvalue weighted by molar-refractivity contribution is 5.88. The molecule has 0 spiro atoms. The minimum absolute atomic E-state index is 0.0305. The minimum atomic E-state index is -0.543. The molecule has 6 nitrogen and oxygen atoms in total. The molecule has 3 aromatic heterocycles. The SMILES string of the molecule is Cc1cc2oc(=O)cc(COC(=O)c3cn4ccccc4n3)c2cc1C. The van der Waals surface area contributed by atoms with E-state index in [1.165, 1.54) is 6.07 Å². The zero-order valence-electron chi connectivity index (χ0n) is 14.4. The number of benzene rings is 1. The predicted octanol–water partition coefficient (Wildman–Crippen LogP) is 3.41. The maximum absolute atomic E-state index is 12.3. The molecule has 1 aromatic carbocycles. The van der Waals surface area contributed by atoms with E-state index in [2.05, 4.69) is 4.98 Å². The summed E-state index contributed by atoms with van der Waals surface area (Å²) in [6, 6.07) is 10.6. The van der Waals surface area contributed by atoms with Crippen molar-refractivity contribution < 1.29 is 13.9 Å². The molecule has 0 aliphatic heterocycles. The second kappa shape index (κ2) is 6.15. The minimum Gasteiger partial charge on any atom is -0.456 e. The van der Waals surface area contributed by atoms with E-state index in [1.807, 2.05) is 38.1 Å². The first-order valence-electron chi connectivity index (χ1n) is 8.16. The summed E-state index contributed by atoms with van der Waals surface area (Å²) < 4.78 is 12.4. The monoisotopic (exact) mass is 348 g/mol. The Morgan fingerprint density at radius 3 is 2.81 bits per heavy atom. The summed E-state index contributed by atoms with van der Waals surface area (Å²) in [6.45, 7) is 3.90. The van der Waals surface area contributed by atoms with Gasteiger partial charge in [-0.05, 0) is 49.2 Å². The normalized spacial score (nSPS) is 11.2. The van der Waals surface area contributed by atoms with E-state index in [1.54, 1.807) is 22.9 Å². The highest BCUT2D eigenvalue weighted by Crippen LogP contribution is 2.22. The van der Waals surface area contributed by atoms with Gasteiger partial charge in [0, 0.05) is 29.4 Å². The van der Waals surface area contributed by atoms with Gasteiger partial charge in [0.1, 0.15) is 17.8 Å². The lowest BCUT2D eigenvalue weighted by molar-refractivity contribution is 0.0467. The maximum Gasteiger partial charge on any atom is 0.358 e. The first kappa shape index (κ1) is 16.1. The Bertz CT molecular complexity index is 1170. The lowest BCUT2D eigenvalue weighted by Crippen LogP contribution is -2.08. The molecule has 6 heteroatoms. The van der Waals surface area contributed by atoms with E-state index in [4.69, 9.17) is 9.15 Å². The van der Waals surface area contributed by atoms with Gasteiger partial charge in [0.05, 0.1) is 0 Å². The van der Waals surface area contributed by atoms with Crippen molar-refractivity contribution in [2.24, 2.45) is 0 Å². The zero-order chi connectivity index (χ0) is 18.3. The summed E-state index contributed by atoms with van der Waals surface area (Å²) >= 11 is 0. The molecule has 0 fully saturated rings. The van der Waals surface area contributed by atoms with Crippen molar-refractivity contribution in [3.8, 4) is 0 Å². The van der Waals surface area contributed by atoms with Gasteiger partial charge in [-0.2, -0.15) is 0 Å². The van der Waals surface area contributed by atoms with Crippen LogP contribution in [0.2, 0.25) is 0 Å². The van der Waals surface area contributed by atoms with Crippen LogP contribution >= 0.6 is 0 Å². The third-order valence-electron chi connectivity index (χ3n) is 4.38. The Hall–Kier alpha value is -3.41. The van der Waals surface area contributed by atoms with Gasteiger partial charge in [0.2, 0.25) is 0 Å². The molecular formula is C20H16N2O4. The first-order chi connectivity index (χ1) is 12.5. The highest BCUT2D eigenvalue weighted by Gasteiger charge is 2.14. The van der Waals surface area contributed by atoms with Crippen molar-refractivity contribution in [1.29, 1.82) is 0 Å². The summed E-state index contributed by atoms with van der Waals surface area (Å²) in [4.78, 5) is 28.4. The standard InChI is InChI=1S/C20H16N2O4/c1-12-7-15-14(9-19(23)26-17(15)8-13(12)2)11-25-20(24)16-10-22-6-4-3-5-18(22)21-16/h3-10H,11H2,1-2H3. The van der Waals surface area contributed by atoms with Crippen LogP contribution in [0.25, 0.3) is 16.6 Å². The third-order valence-corrected chi connectivity index (χ3v) is 4.38. The van der Waals surface area contributed by atoms with E-state index < -0.39 is 11.6 Å². The van der Waals surface area contributed by atoms with Gasteiger partial charge < -0.3 is 13.6 Å². The van der Waals surface area contributed by atoms with Crippen LogP contribution in [0.1, 0.15) is 27.2 Å². The van der Waals surface area contributed by atoms with Crippen LogP contribution in [0.5, 0.6) is 0 Å². The van der Waals surface area contributed by atoms with Crippen LogP contribution in [-0.2, 0) is 11.3 Å². The molecular weight excluding hydrogens is 332 g/mol. The molecule has 4 rings (SSSR count). The number of pyridine rings is 1. The highest BCUT2D eigenvalue weighted by atomic mass is 16.5. The number of aryl methyl sites for hydroxylation is 2. The van der Waals surface area contributed by atoms with Crippen molar-refractivity contribution in [3.63, 3.8) is 0 Å². The molecule has 0 unspecified atom stereocenters. The molecule has 0 bridgehead atoms. The Kier molecular flexibility index (Phi) is 3.80. The van der Waals surface area contributed by atoms with Crippen molar-refractivity contribution in [2.45, 2.75) is 20.5 Å². The number of hydrogen-bond acceptors (Lipinski definition) is 5. The molecule has 0 N–H and O–H groups in total. The summed E-state index contributed by atoms with van der Waals surface area (Å²) in [6.07, 6.45) is 3.42. The fourth-order valence-corrected chi connectivity index (χ4v) is 2.85. The third kappa shape index (κ3) is 2.86. The number of aromatic nitrogens is 2. The van der Waals surface area contributed by atoms with E-state index in [0.717, 1.165) is 16.5 Å². The van der Waals surface area contributed by atoms with Gasteiger partial charge in [-0.3, -0.25) is 0 Å². The van der Waals surface area contributed by atoms with E-state index >= 15 is 0 Å². The van der Waals surface area contributed by atoms with Crippen molar-refractivity contribution >= 4 is 22.6 Å². The number of ether oxygens (including phenoxy) is 1. The quantitative estimate of drug-likeness (QED) is 0.419. The van der Waals surface area contributed by atoms with Crippen molar-refractivity contribution in [3.05, 3.63) is 81.6 Å². The molecule has 0 aliphatic carbocycles. The van der Waals surface area contributed by atoms with E-state index in [9.17, 15) is 9.59 Å². The first-order valence-corrected chi connectivity index (χ1v) is 8.16. The van der Waals surface area contributed by atoms with Gasteiger partial charge in [-0.1, -0.05) is 6.07 Å². The summed E-state index contributed by atoms with van der Waals surface area (Å²) in [5.41, 5.74) is 3.60. The van der Waals surface area contributed by atoms with Gasteiger partial charge in [-0.25, -0.2) is 14.6 Å². The molecule has 26 heavy (non-hydrogen) atoms. The topological polar surface area (TPSA) is 73.8 Å². The van der Waals surface area contributed by atoms with E-state index in [0.29, 0.717) is 16.8 Å².